The van der Waals surface area contributed by atoms with Crippen molar-refractivity contribution in [2.45, 2.75) is 6.42 Å². The third kappa shape index (κ3) is 2.53. The summed E-state index contributed by atoms with van der Waals surface area (Å²) < 4.78 is 0. The number of carbonyl (C=O) groups is 2. The van der Waals surface area contributed by atoms with Crippen LogP contribution in [0.25, 0.3) is 0 Å². The third-order valence-corrected chi connectivity index (χ3v) is 3.77. The summed E-state index contributed by atoms with van der Waals surface area (Å²) in [4.78, 5) is 26.0. The lowest BCUT2D eigenvalue weighted by atomic mass is 10.0. The number of fused-ring (bicyclic) bond motifs is 1. The predicted octanol–water partition coefficient (Wildman–Crippen LogP) is 2.64. The van der Waals surface area contributed by atoms with Crippen molar-refractivity contribution in [2.24, 2.45) is 0 Å². The number of nitrogens with zero attached hydrogens (tertiary/aromatic N) is 1. The van der Waals surface area contributed by atoms with Gasteiger partial charge in [-0.15, -0.1) is 0 Å². The first-order valence-electron chi connectivity index (χ1n) is 7.18. The van der Waals surface area contributed by atoms with E-state index in [2.05, 4.69) is 10.6 Å². The first kappa shape index (κ1) is 14.1. The number of urea groups is 1. The SMILES string of the molecule is CNC(=O)c1cccc2c1CCN2C(=O)Nc1ccccc1. The molecule has 1 aliphatic heterocycles. The Kier molecular flexibility index (Phi) is 3.78. The molecule has 2 aromatic rings. The second kappa shape index (κ2) is 5.89. The Morgan fingerprint density at radius 3 is 2.55 bits per heavy atom. The van der Waals surface area contributed by atoms with Gasteiger partial charge in [-0.05, 0) is 36.2 Å². The summed E-state index contributed by atoms with van der Waals surface area (Å²) in [7, 11) is 1.61. The van der Waals surface area contributed by atoms with Crippen molar-refractivity contribution in [1.29, 1.82) is 0 Å². The molecule has 0 fully saturated rings. The smallest absolute Gasteiger partial charge is 0.326 e. The molecule has 3 amide bonds. The van der Waals surface area contributed by atoms with E-state index >= 15 is 0 Å². The van der Waals surface area contributed by atoms with Gasteiger partial charge in [0.25, 0.3) is 5.91 Å². The van der Waals surface area contributed by atoms with Crippen LogP contribution in [0, 0.1) is 0 Å². The number of carbonyl (C=O) groups excluding carboxylic acids is 2. The summed E-state index contributed by atoms with van der Waals surface area (Å²) in [6.07, 6.45) is 0.682. The van der Waals surface area contributed by atoms with Crippen molar-refractivity contribution in [1.82, 2.24) is 5.32 Å². The van der Waals surface area contributed by atoms with Gasteiger partial charge in [-0.1, -0.05) is 24.3 Å². The summed E-state index contributed by atoms with van der Waals surface area (Å²) >= 11 is 0. The third-order valence-electron chi connectivity index (χ3n) is 3.77. The van der Waals surface area contributed by atoms with Crippen LogP contribution in [-0.4, -0.2) is 25.5 Å². The number of para-hydroxylation sites is 1. The van der Waals surface area contributed by atoms with Crippen LogP contribution in [-0.2, 0) is 6.42 Å². The van der Waals surface area contributed by atoms with E-state index in [0.29, 0.717) is 18.5 Å². The zero-order chi connectivity index (χ0) is 15.5. The van der Waals surface area contributed by atoms with Gasteiger partial charge in [0.2, 0.25) is 0 Å². The highest BCUT2D eigenvalue weighted by Crippen LogP contribution is 2.31. The summed E-state index contributed by atoms with van der Waals surface area (Å²) in [5.41, 5.74) is 3.11. The van der Waals surface area contributed by atoms with E-state index in [4.69, 9.17) is 0 Å². The minimum Gasteiger partial charge on any atom is -0.355 e. The number of hydrogen-bond donors (Lipinski definition) is 2. The number of rotatable bonds is 2. The zero-order valence-corrected chi connectivity index (χ0v) is 12.3. The van der Waals surface area contributed by atoms with Crippen LogP contribution in [0.2, 0.25) is 0 Å². The van der Waals surface area contributed by atoms with E-state index in [1.165, 1.54) is 0 Å². The first-order chi connectivity index (χ1) is 10.7. The van der Waals surface area contributed by atoms with Gasteiger partial charge in [0.15, 0.2) is 0 Å². The average Bonchev–Trinajstić information content (AvgIpc) is 2.99. The lowest BCUT2D eigenvalue weighted by molar-refractivity contribution is 0.0962. The maximum absolute atomic E-state index is 12.4. The molecule has 3 rings (SSSR count). The van der Waals surface area contributed by atoms with Crippen molar-refractivity contribution in [3.63, 3.8) is 0 Å². The number of amides is 3. The van der Waals surface area contributed by atoms with Gasteiger partial charge in [0.1, 0.15) is 0 Å². The summed E-state index contributed by atoms with van der Waals surface area (Å²) in [5.74, 6) is -0.123. The number of hydrogen-bond acceptors (Lipinski definition) is 2. The second-order valence-electron chi connectivity index (χ2n) is 5.08. The van der Waals surface area contributed by atoms with E-state index < -0.39 is 0 Å². The molecule has 1 heterocycles. The molecule has 112 valence electrons. The minimum atomic E-state index is -0.181. The first-order valence-corrected chi connectivity index (χ1v) is 7.18. The molecule has 0 unspecified atom stereocenters. The second-order valence-corrected chi connectivity index (χ2v) is 5.08. The molecular formula is C17H17N3O2. The summed E-state index contributed by atoms with van der Waals surface area (Å²) in [5, 5.41) is 5.51. The Morgan fingerprint density at radius 2 is 1.82 bits per heavy atom. The van der Waals surface area contributed by atoms with Crippen LogP contribution in [0.5, 0.6) is 0 Å². The molecule has 0 spiro atoms. The highest BCUT2D eigenvalue weighted by Gasteiger charge is 2.27. The van der Waals surface area contributed by atoms with Crippen LogP contribution in [0.1, 0.15) is 15.9 Å². The Labute approximate surface area is 128 Å². The molecule has 0 aromatic heterocycles. The monoisotopic (exact) mass is 295 g/mol. The molecule has 0 aliphatic carbocycles. The summed E-state index contributed by atoms with van der Waals surface area (Å²) in [6.45, 7) is 0.571. The minimum absolute atomic E-state index is 0.123. The van der Waals surface area contributed by atoms with Crippen LogP contribution in [0.15, 0.2) is 48.5 Å². The topological polar surface area (TPSA) is 61.4 Å². The zero-order valence-electron chi connectivity index (χ0n) is 12.3. The van der Waals surface area contributed by atoms with Gasteiger partial charge in [-0.25, -0.2) is 4.79 Å². The van der Waals surface area contributed by atoms with E-state index in [1.54, 1.807) is 24.1 Å². The van der Waals surface area contributed by atoms with Gasteiger partial charge in [-0.2, -0.15) is 0 Å². The fourth-order valence-corrected chi connectivity index (χ4v) is 2.71. The molecule has 22 heavy (non-hydrogen) atoms. The molecule has 5 heteroatoms. The van der Waals surface area contributed by atoms with Crippen molar-refractivity contribution < 1.29 is 9.59 Å². The molecule has 5 nitrogen and oxygen atoms in total. The molecular weight excluding hydrogens is 278 g/mol. The van der Waals surface area contributed by atoms with Crippen LogP contribution < -0.4 is 15.5 Å². The fourth-order valence-electron chi connectivity index (χ4n) is 2.71. The Bertz CT molecular complexity index is 713. The lowest BCUT2D eigenvalue weighted by Crippen LogP contribution is -2.33. The van der Waals surface area contributed by atoms with Gasteiger partial charge >= 0.3 is 6.03 Å². The van der Waals surface area contributed by atoms with Gasteiger partial charge in [0.05, 0.1) is 0 Å². The fraction of sp³-hybridized carbons (Fsp3) is 0.176. The largest absolute Gasteiger partial charge is 0.355 e. The molecule has 0 saturated heterocycles. The summed E-state index contributed by atoms with van der Waals surface area (Å²) in [6, 6.07) is 14.6. The van der Waals surface area contributed by atoms with Gasteiger partial charge in [0, 0.05) is 30.5 Å². The molecule has 2 N–H and O–H groups in total. The Morgan fingerprint density at radius 1 is 1.05 bits per heavy atom. The van der Waals surface area contributed by atoms with Crippen LogP contribution in [0.4, 0.5) is 16.2 Å². The number of anilines is 2. The molecule has 0 atom stereocenters. The maximum Gasteiger partial charge on any atom is 0.326 e. The molecule has 2 aromatic carbocycles. The van der Waals surface area contributed by atoms with Crippen molar-refractivity contribution in [2.75, 3.05) is 23.8 Å². The maximum atomic E-state index is 12.4. The number of benzene rings is 2. The van der Waals surface area contributed by atoms with Crippen molar-refractivity contribution >= 4 is 23.3 Å². The highest BCUT2D eigenvalue weighted by molar-refractivity contribution is 6.05. The molecule has 0 radical (unpaired) electrons. The van der Waals surface area contributed by atoms with E-state index in [0.717, 1.165) is 16.9 Å². The predicted molar refractivity (Wildman–Crippen MR) is 86.3 cm³/mol. The van der Waals surface area contributed by atoms with E-state index in [1.807, 2.05) is 36.4 Å². The quantitative estimate of drug-likeness (QED) is 0.894. The normalized spacial score (nSPS) is 12.7. The molecule has 0 saturated carbocycles. The van der Waals surface area contributed by atoms with Crippen molar-refractivity contribution in [3.8, 4) is 0 Å². The average molecular weight is 295 g/mol. The van der Waals surface area contributed by atoms with Crippen molar-refractivity contribution in [3.05, 3.63) is 59.7 Å². The molecule has 0 bridgehead atoms. The van der Waals surface area contributed by atoms with E-state index in [-0.39, 0.29) is 11.9 Å². The van der Waals surface area contributed by atoms with Gasteiger partial charge in [-0.3, -0.25) is 9.69 Å². The highest BCUT2D eigenvalue weighted by atomic mass is 16.2. The van der Waals surface area contributed by atoms with Crippen LogP contribution in [0.3, 0.4) is 0 Å². The Hall–Kier alpha value is -2.82. The molecule has 1 aliphatic rings. The van der Waals surface area contributed by atoms with Gasteiger partial charge < -0.3 is 10.6 Å². The lowest BCUT2D eigenvalue weighted by Gasteiger charge is -2.18. The number of nitrogens with one attached hydrogen (secondary N) is 2. The Balaban J connectivity index is 1.85. The van der Waals surface area contributed by atoms with Crippen LogP contribution >= 0.6 is 0 Å². The standard InChI is InChI=1S/C17H17N3O2/c1-18-16(21)14-8-5-9-15-13(14)10-11-20(15)17(22)19-12-6-3-2-4-7-12/h2-9H,10-11H2,1H3,(H,18,21)(H,19,22). The van der Waals surface area contributed by atoms with E-state index in [9.17, 15) is 9.59 Å².